The molecule has 0 heterocycles. The molecule has 0 aromatic carbocycles. The molecule has 0 aliphatic heterocycles. The van der Waals surface area contributed by atoms with Gasteiger partial charge in [-0.05, 0) is 32.1 Å². The highest BCUT2D eigenvalue weighted by Crippen LogP contribution is 2.08. The highest BCUT2D eigenvalue weighted by Gasteiger charge is 2.01. The van der Waals surface area contributed by atoms with E-state index in [0.29, 0.717) is 13.0 Å². The monoisotopic (exact) mass is 252 g/mol. The van der Waals surface area contributed by atoms with Crippen LogP contribution in [0, 0.1) is 0 Å². The van der Waals surface area contributed by atoms with Crippen LogP contribution < -0.4 is 0 Å². The number of allylic oxidation sites excluding steroid dienone is 2. The van der Waals surface area contributed by atoms with E-state index in [1.165, 1.54) is 19.3 Å². The molecule has 0 aromatic rings. The van der Waals surface area contributed by atoms with Gasteiger partial charge in [0.25, 0.3) is 0 Å². The molecule has 18 heavy (non-hydrogen) atoms. The van der Waals surface area contributed by atoms with Crippen LogP contribution in [0.25, 0.3) is 0 Å². The summed E-state index contributed by atoms with van der Waals surface area (Å²) in [5, 5.41) is 0. The van der Waals surface area contributed by atoms with Crippen LogP contribution in [-0.2, 0) is 9.53 Å². The molecule has 2 nitrogen and oxygen atoms in total. The van der Waals surface area contributed by atoms with Gasteiger partial charge in [0.15, 0.2) is 0 Å². The van der Waals surface area contributed by atoms with Crippen LogP contribution in [0.15, 0.2) is 24.8 Å². The van der Waals surface area contributed by atoms with Gasteiger partial charge in [0.1, 0.15) is 0 Å². The van der Waals surface area contributed by atoms with Gasteiger partial charge < -0.3 is 4.74 Å². The number of hydrogen-bond donors (Lipinski definition) is 0. The zero-order chi connectivity index (χ0) is 13.5. The molecular formula is C16H28O2. The normalized spacial score (nSPS) is 10.7. The van der Waals surface area contributed by atoms with Crippen molar-refractivity contribution in [3.63, 3.8) is 0 Å². The molecule has 0 aliphatic carbocycles. The maximum Gasteiger partial charge on any atom is 0.305 e. The second kappa shape index (κ2) is 14.0. The number of ether oxygens (including phenoxy) is 1. The van der Waals surface area contributed by atoms with Crippen LogP contribution in [0.5, 0.6) is 0 Å². The van der Waals surface area contributed by atoms with Crippen molar-refractivity contribution >= 4 is 5.97 Å². The lowest BCUT2D eigenvalue weighted by atomic mass is 10.1. The molecule has 0 amide bonds. The molecule has 0 radical (unpaired) electrons. The maximum atomic E-state index is 11.4. The van der Waals surface area contributed by atoms with E-state index in [2.05, 4.69) is 25.7 Å². The zero-order valence-electron chi connectivity index (χ0n) is 11.8. The lowest BCUT2D eigenvalue weighted by Gasteiger charge is -2.03. The average molecular weight is 252 g/mol. The van der Waals surface area contributed by atoms with Crippen molar-refractivity contribution in [1.82, 2.24) is 0 Å². The Morgan fingerprint density at radius 1 is 1.06 bits per heavy atom. The Labute approximate surface area is 112 Å². The van der Waals surface area contributed by atoms with E-state index in [0.717, 1.165) is 32.1 Å². The fourth-order valence-electron chi connectivity index (χ4n) is 1.69. The predicted octanol–water partition coefficient (Wildman–Crippen LogP) is 4.80. The highest BCUT2D eigenvalue weighted by molar-refractivity contribution is 5.69. The molecule has 0 fully saturated rings. The molecule has 0 atom stereocenters. The number of carbonyl (C=O) groups excluding carboxylic acids is 1. The summed E-state index contributed by atoms with van der Waals surface area (Å²) in [6.45, 7) is 6.32. The lowest BCUT2D eigenvalue weighted by molar-refractivity contribution is -0.143. The fraction of sp³-hybridized carbons (Fsp3) is 0.688. The van der Waals surface area contributed by atoms with E-state index >= 15 is 0 Å². The van der Waals surface area contributed by atoms with E-state index in [4.69, 9.17) is 4.74 Å². The summed E-state index contributed by atoms with van der Waals surface area (Å²) in [6.07, 6.45) is 15.4. The maximum absolute atomic E-state index is 11.4. The van der Waals surface area contributed by atoms with Crippen LogP contribution in [0.3, 0.4) is 0 Å². The molecule has 0 bridgehead atoms. The van der Waals surface area contributed by atoms with E-state index in [1.807, 2.05) is 6.08 Å². The Balaban J connectivity index is 3.21. The Hall–Kier alpha value is -1.05. The minimum absolute atomic E-state index is 0.0500. The van der Waals surface area contributed by atoms with Crippen molar-refractivity contribution in [2.75, 3.05) is 6.61 Å². The molecule has 0 spiro atoms. The van der Waals surface area contributed by atoms with Gasteiger partial charge in [-0.1, -0.05) is 44.4 Å². The van der Waals surface area contributed by atoms with Gasteiger partial charge in [-0.25, -0.2) is 0 Å². The third kappa shape index (κ3) is 13.0. The summed E-state index contributed by atoms with van der Waals surface area (Å²) in [6, 6.07) is 0. The van der Waals surface area contributed by atoms with Crippen molar-refractivity contribution in [2.24, 2.45) is 0 Å². The summed E-state index contributed by atoms with van der Waals surface area (Å²) >= 11 is 0. The summed E-state index contributed by atoms with van der Waals surface area (Å²) in [5.41, 5.74) is 0. The molecule has 0 aliphatic rings. The Morgan fingerprint density at radius 3 is 2.50 bits per heavy atom. The van der Waals surface area contributed by atoms with Crippen LogP contribution in [0.4, 0.5) is 0 Å². The van der Waals surface area contributed by atoms with Gasteiger partial charge in [0.2, 0.25) is 0 Å². The van der Waals surface area contributed by atoms with Crippen LogP contribution in [0.2, 0.25) is 0 Å². The molecule has 104 valence electrons. The Kier molecular flexibility index (Phi) is 13.2. The van der Waals surface area contributed by atoms with Crippen LogP contribution in [0.1, 0.15) is 64.7 Å². The summed E-state index contributed by atoms with van der Waals surface area (Å²) in [4.78, 5) is 11.4. The van der Waals surface area contributed by atoms with Gasteiger partial charge >= 0.3 is 5.97 Å². The molecule has 2 heteroatoms. The SMILES string of the molecule is C=CCCCCCCCC(=O)OCC/C=C\CC. The van der Waals surface area contributed by atoms with E-state index in [-0.39, 0.29) is 5.97 Å². The van der Waals surface area contributed by atoms with E-state index in [1.54, 1.807) is 0 Å². The van der Waals surface area contributed by atoms with E-state index in [9.17, 15) is 4.79 Å². The van der Waals surface area contributed by atoms with Crippen molar-refractivity contribution in [3.05, 3.63) is 24.8 Å². The summed E-state index contributed by atoms with van der Waals surface area (Å²) < 4.78 is 5.13. The second-order valence-corrected chi connectivity index (χ2v) is 4.48. The topological polar surface area (TPSA) is 26.3 Å². The second-order valence-electron chi connectivity index (χ2n) is 4.48. The quantitative estimate of drug-likeness (QED) is 0.283. The minimum Gasteiger partial charge on any atom is -0.465 e. The van der Waals surface area contributed by atoms with Crippen molar-refractivity contribution in [2.45, 2.75) is 64.7 Å². The standard InChI is InChI=1S/C16H28O2/c1-3-5-7-9-10-11-12-14-16(17)18-15-13-8-6-4-2/h3,6,8H,1,4-5,7,9-15H2,2H3/b8-6-. The molecule has 0 aromatic heterocycles. The first-order valence-corrected chi connectivity index (χ1v) is 7.22. The molecule has 0 rings (SSSR count). The molecule has 0 unspecified atom stereocenters. The minimum atomic E-state index is -0.0500. The van der Waals surface area contributed by atoms with Crippen molar-refractivity contribution in [3.8, 4) is 0 Å². The first-order chi connectivity index (χ1) is 8.81. The zero-order valence-corrected chi connectivity index (χ0v) is 11.8. The largest absolute Gasteiger partial charge is 0.465 e. The fourth-order valence-corrected chi connectivity index (χ4v) is 1.69. The smallest absolute Gasteiger partial charge is 0.305 e. The number of unbranched alkanes of at least 4 members (excludes halogenated alkanes) is 5. The number of rotatable bonds is 12. The average Bonchev–Trinajstić information content (AvgIpc) is 2.37. The van der Waals surface area contributed by atoms with Gasteiger partial charge in [-0.15, -0.1) is 6.58 Å². The van der Waals surface area contributed by atoms with E-state index < -0.39 is 0 Å². The Morgan fingerprint density at radius 2 is 1.78 bits per heavy atom. The van der Waals surface area contributed by atoms with Crippen molar-refractivity contribution < 1.29 is 9.53 Å². The number of carbonyl (C=O) groups is 1. The Bertz CT molecular complexity index is 231. The summed E-state index contributed by atoms with van der Waals surface area (Å²) in [5.74, 6) is -0.0500. The molecule has 0 N–H and O–H groups in total. The van der Waals surface area contributed by atoms with Gasteiger partial charge in [-0.2, -0.15) is 0 Å². The van der Waals surface area contributed by atoms with Gasteiger partial charge in [0, 0.05) is 6.42 Å². The first kappa shape index (κ1) is 16.9. The van der Waals surface area contributed by atoms with Gasteiger partial charge in [-0.3, -0.25) is 4.79 Å². The third-order valence-corrected chi connectivity index (χ3v) is 2.74. The first-order valence-electron chi connectivity index (χ1n) is 7.22. The molecular weight excluding hydrogens is 224 g/mol. The highest BCUT2D eigenvalue weighted by atomic mass is 16.5. The molecule has 0 saturated heterocycles. The van der Waals surface area contributed by atoms with Crippen LogP contribution >= 0.6 is 0 Å². The third-order valence-electron chi connectivity index (χ3n) is 2.74. The van der Waals surface area contributed by atoms with Crippen molar-refractivity contribution in [1.29, 1.82) is 0 Å². The number of hydrogen-bond acceptors (Lipinski definition) is 2. The lowest BCUT2D eigenvalue weighted by Crippen LogP contribution is -2.04. The van der Waals surface area contributed by atoms with Gasteiger partial charge in [0.05, 0.1) is 6.61 Å². The molecule has 0 saturated carbocycles. The van der Waals surface area contributed by atoms with Crippen LogP contribution in [-0.4, -0.2) is 12.6 Å². The summed E-state index contributed by atoms with van der Waals surface area (Å²) in [7, 11) is 0. The number of esters is 1. The predicted molar refractivity (Wildman–Crippen MR) is 77.5 cm³/mol.